The summed E-state index contributed by atoms with van der Waals surface area (Å²) in [7, 11) is 0. The zero-order valence-corrected chi connectivity index (χ0v) is 11.7. The maximum Gasteiger partial charge on any atom is 0.343 e. The fourth-order valence-corrected chi connectivity index (χ4v) is 2.86. The monoisotopic (exact) mass is 300 g/mol. The molecule has 0 radical (unpaired) electrons. The van der Waals surface area contributed by atoms with E-state index in [9.17, 15) is 14.7 Å². The van der Waals surface area contributed by atoms with Crippen LogP contribution < -0.4 is 10.9 Å². The third kappa shape index (κ3) is 2.53. The van der Waals surface area contributed by atoms with Crippen molar-refractivity contribution in [3.63, 3.8) is 0 Å². The van der Waals surface area contributed by atoms with Crippen LogP contribution in [-0.4, -0.2) is 16.1 Å². The Hall–Kier alpha value is -2.60. The number of carboxylic acid groups (broad SMARTS) is 1. The number of nitrogens with one attached hydrogen (secondary N) is 2. The van der Waals surface area contributed by atoms with Crippen molar-refractivity contribution < 1.29 is 9.90 Å². The molecule has 3 aromatic rings. The van der Waals surface area contributed by atoms with Crippen molar-refractivity contribution in [2.24, 2.45) is 0 Å². The fraction of sp³-hybridized carbons (Fsp3) is 0.0667. The van der Waals surface area contributed by atoms with Gasteiger partial charge >= 0.3 is 5.97 Å². The van der Waals surface area contributed by atoms with Crippen LogP contribution in [0.1, 0.15) is 15.2 Å². The second kappa shape index (κ2) is 5.41. The number of hydrogen-bond acceptors (Lipinski definition) is 4. The van der Waals surface area contributed by atoms with Gasteiger partial charge in [0.1, 0.15) is 5.56 Å². The molecule has 0 unspecified atom stereocenters. The van der Waals surface area contributed by atoms with E-state index in [-0.39, 0.29) is 5.56 Å². The number of pyridine rings is 1. The van der Waals surface area contributed by atoms with Crippen LogP contribution in [0.4, 0.5) is 5.69 Å². The van der Waals surface area contributed by atoms with Crippen molar-refractivity contribution >= 4 is 33.9 Å². The molecule has 0 amide bonds. The Balaban J connectivity index is 2.14. The number of rotatable bonds is 4. The van der Waals surface area contributed by atoms with Gasteiger partial charge in [-0.25, -0.2) is 4.79 Å². The number of benzene rings is 1. The van der Waals surface area contributed by atoms with Crippen LogP contribution in [0.5, 0.6) is 0 Å². The molecule has 3 rings (SSSR count). The van der Waals surface area contributed by atoms with Crippen LogP contribution in [0, 0.1) is 0 Å². The van der Waals surface area contributed by atoms with Crippen LogP contribution in [0.15, 0.2) is 46.6 Å². The standard InChI is InChI=1S/C15H12N2O3S/c18-14-12(15(19)20)13(16-8-9-4-3-7-21-9)10-5-1-2-6-11(10)17-14/h1-7H,8H2,(H,19,20)(H2,16,17,18). The van der Waals surface area contributed by atoms with E-state index in [1.165, 1.54) is 0 Å². The molecule has 0 fully saturated rings. The van der Waals surface area contributed by atoms with E-state index in [4.69, 9.17) is 0 Å². The van der Waals surface area contributed by atoms with E-state index in [1.54, 1.807) is 29.5 Å². The molecule has 0 bridgehead atoms. The summed E-state index contributed by atoms with van der Waals surface area (Å²) in [5.74, 6) is -1.24. The highest BCUT2D eigenvalue weighted by molar-refractivity contribution is 7.09. The molecule has 0 saturated carbocycles. The second-order valence-electron chi connectivity index (χ2n) is 4.49. The van der Waals surface area contributed by atoms with E-state index >= 15 is 0 Å². The van der Waals surface area contributed by atoms with Gasteiger partial charge in [-0.15, -0.1) is 11.3 Å². The van der Waals surface area contributed by atoms with Gasteiger partial charge in [-0.2, -0.15) is 0 Å². The predicted molar refractivity (Wildman–Crippen MR) is 83.2 cm³/mol. The lowest BCUT2D eigenvalue weighted by molar-refractivity contribution is 0.0696. The van der Waals surface area contributed by atoms with Crippen molar-refractivity contribution in [1.82, 2.24) is 4.98 Å². The molecule has 0 aliphatic heterocycles. The number of anilines is 1. The predicted octanol–water partition coefficient (Wildman–Crippen LogP) is 2.90. The molecule has 0 spiro atoms. The van der Waals surface area contributed by atoms with Crippen LogP contribution in [-0.2, 0) is 6.54 Å². The molecule has 0 aliphatic rings. The van der Waals surface area contributed by atoms with Gasteiger partial charge in [-0.05, 0) is 17.5 Å². The average Bonchev–Trinajstić information content (AvgIpc) is 2.97. The summed E-state index contributed by atoms with van der Waals surface area (Å²) < 4.78 is 0. The minimum atomic E-state index is -1.24. The Labute approximate surface area is 123 Å². The molecular formula is C15H12N2O3S. The zero-order chi connectivity index (χ0) is 14.8. The second-order valence-corrected chi connectivity index (χ2v) is 5.52. The van der Waals surface area contributed by atoms with Crippen LogP contribution in [0.3, 0.4) is 0 Å². The SMILES string of the molecule is O=C(O)c1c(NCc2cccs2)c2ccccc2[nH]c1=O. The molecule has 0 atom stereocenters. The number of aromatic nitrogens is 1. The Morgan fingerprint density at radius 2 is 2.05 bits per heavy atom. The molecule has 3 N–H and O–H groups in total. The topological polar surface area (TPSA) is 82.2 Å². The number of hydrogen-bond donors (Lipinski definition) is 3. The molecule has 21 heavy (non-hydrogen) atoms. The summed E-state index contributed by atoms with van der Waals surface area (Å²) >= 11 is 1.57. The summed E-state index contributed by atoms with van der Waals surface area (Å²) in [6.45, 7) is 0.478. The van der Waals surface area contributed by atoms with E-state index < -0.39 is 11.5 Å². The van der Waals surface area contributed by atoms with Crippen LogP contribution >= 0.6 is 11.3 Å². The van der Waals surface area contributed by atoms with E-state index in [0.29, 0.717) is 23.1 Å². The first-order chi connectivity index (χ1) is 10.2. The Kier molecular flexibility index (Phi) is 3.45. The minimum absolute atomic E-state index is 0.259. The number of H-pyrrole nitrogens is 1. The third-order valence-corrected chi connectivity index (χ3v) is 4.03. The summed E-state index contributed by atoms with van der Waals surface area (Å²) in [5, 5.41) is 15.0. The molecule has 1 aromatic carbocycles. The Bertz CT molecular complexity index is 853. The number of thiophene rings is 1. The highest BCUT2D eigenvalue weighted by Crippen LogP contribution is 2.24. The van der Waals surface area contributed by atoms with E-state index in [1.807, 2.05) is 23.6 Å². The first-order valence-electron chi connectivity index (χ1n) is 6.31. The molecule has 2 heterocycles. The largest absolute Gasteiger partial charge is 0.477 e. The first kappa shape index (κ1) is 13.4. The Morgan fingerprint density at radius 3 is 2.76 bits per heavy atom. The Morgan fingerprint density at radius 1 is 1.24 bits per heavy atom. The molecule has 106 valence electrons. The highest BCUT2D eigenvalue weighted by Gasteiger charge is 2.18. The van der Waals surface area contributed by atoms with Crippen molar-refractivity contribution in [3.05, 3.63) is 62.6 Å². The zero-order valence-electron chi connectivity index (χ0n) is 10.9. The minimum Gasteiger partial charge on any atom is -0.477 e. The van der Waals surface area contributed by atoms with Gasteiger partial charge in [-0.1, -0.05) is 24.3 Å². The van der Waals surface area contributed by atoms with Gasteiger partial charge in [0, 0.05) is 16.8 Å². The van der Waals surface area contributed by atoms with Gasteiger partial charge < -0.3 is 15.4 Å². The highest BCUT2D eigenvalue weighted by atomic mass is 32.1. The molecule has 5 nitrogen and oxygen atoms in total. The summed E-state index contributed by atoms with van der Waals surface area (Å²) in [4.78, 5) is 27.0. The maximum atomic E-state index is 12.0. The van der Waals surface area contributed by atoms with Gasteiger partial charge in [0.2, 0.25) is 0 Å². The number of carboxylic acids is 1. The third-order valence-electron chi connectivity index (χ3n) is 3.16. The molecule has 0 aliphatic carbocycles. The van der Waals surface area contributed by atoms with E-state index in [2.05, 4.69) is 10.3 Å². The first-order valence-corrected chi connectivity index (χ1v) is 7.19. The molecule has 0 saturated heterocycles. The van der Waals surface area contributed by atoms with Crippen LogP contribution in [0.25, 0.3) is 10.9 Å². The fourth-order valence-electron chi connectivity index (χ4n) is 2.22. The normalized spacial score (nSPS) is 10.7. The lowest BCUT2D eigenvalue weighted by atomic mass is 10.1. The average molecular weight is 300 g/mol. The smallest absolute Gasteiger partial charge is 0.343 e. The number of fused-ring (bicyclic) bond motifs is 1. The van der Waals surface area contributed by atoms with Crippen molar-refractivity contribution in [2.45, 2.75) is 6.54 Å². The molecule has 6 heteroatoms. The lowest BCUT2D eigenvalue weighted by Crippen LogP contribution is -2.20. The maximum absolute atomic E-state index is 12.0. The molecule has 2 aromatic heterocycles. The lowest BCUT2D eigenvalue weighted by Gasteiger charge is -2.11. The van der Waals surface area contributed by atoms with Crippen molar-refractivity contribution in [1.29, 1.82) is 0 Å². The summed E-state index contributed by atoms with van der Waals surface area (Å²) in [6, 6.07) is 11.0. The van der Waals surface area contributed by atoms with E-state index in [0.717, 1.165) is 4.88 Å². The van der Waals surface area contributed by atoms with Crippen molar-refractivity contribution in [3.8, 4) is 0 Å². The summed E-state index contributed by atoms with van der Waals surface area (Å²) in [6.07, 6.45) is 0. The van der Waals surface area contributed by atoms with Gasteiger partial charge in [0.25, 0.3) is 5.56 Å². The number of para-hydroxylation sites is 1. The van der Waals surface area contributed by atoms with Crippen LogP contribution in [0.2, 0.25) is 0 Å². The van der Waals surface area contributed by atoms with Gasteiger partial charge in [0.05, 0.1) is 11.2 Å². The number of aromatic carboxylic acids is 1. The van der Waals surface area contributed by atoms with Crippen molar-refractivity contribution in [2.75, 3.05) is 5.32 Å². The summed E-state index contributed by atoms with van der Waals surface area (Å²) in [5.41, 5.74) is 0.108. The molecular weight excluding hydrogens is 288 g/mol. The van der Waals surface area contributed by atoms with Gasteiger partial charge in [-0.3, -0.25) is 4.79 Å². The number of carbonyl (C=O) groups is 1. The quantitative estimate of drug-likeness (QED) is 0.692. The number of aromatic amines is 1. The van der Waals surface area contributed by atoms with Gasteiger partial charge in [0.15, 0.2) is 0 Å².